The highest BCUT2D eigenvalue weighted by Crippen LogP contribution is 2.39. The highest BCUT2D eigenvalue weighted by molar-refractivity contribution is 6.09. The Morgan fingerprint density at radius 2 is 1.68 bits per heavy atom. The lowest BCUT2D eigenvalue weighted by Crippen LogP contribution is -2.49. The van der Waals surface area contributed by atoms with Crippen molar-refractivity contribution in [2.75, 3.05) is 6.54 Å². The third-order valence-corrected chi connectivity index (χ3v) is 4.74. The first-order valence-electron chi connectivity index (χ1n) is 8.92. The van der Waals surface area contributed by atoms with E-state index in [2.05, 4.69) is 5.32 Å². The van der Waals surface area contributed by atoms with Gasteiger partial charge in [-0.1, -0.05) is 18.2 Å². The van der Waals surface area contributed by atoms with Crippen molar-refractivity contribution in [3.63, 3.8) is 0 Å². The van der Waals surface area contributed by atoms with Gasteiger partial charge in [0.2, 0.25) is 5.91 Å². The molecule has 0 aromatic heterocycles. The van der Waals surface area contributed by atoms with Gasteiger partial charge in [0, 0.05) is 12.1 Å². The van der Waals surface area contributed by atoms with E-state index in [1.165, 1.54) is 24.0 Å². The molecule has 0 bridgehead atoms. The molecule has 1 atom stereocenters. The summed E-state index contributed by atoms with van der Waals surface area (Å²) in [6.45, 7) is 7.87. The predicted molar refractivity (Wildman–Crippen MR) is 96.2 cm³/mol. The Hall–Kier alpha value is -2.58. The van der Waals surface area contributed by atoms with Crippen LogP contribution < -0.4 is 5.32 Å². The van der Waals surface area contributed by atoms with Crippen LogP contribution in [0.3, 0.4) is 0 Å². The summed E-state index contributed by atoms with van der Waals surface area (Å²) in [6.07, 6.45) is -4.69. The molecule has 0 spiro atoms. The Morgan fingerprint density at radius 1 is 1.14 bits per heavy atom. The van der Waals surface area contributed by atoms with Gasteiger partial charge in [0.05, 0.1) is 5.56 Å². The summed E-state index contributed by atoms with van der Waals surface area (Å²) < 4.78 is 40.2. The van der Waals surface area contributed by atoms with E-state index in [-0.39, 0.29) is 17.6 Å². The summed E-state index contributed by atoms with van der Waals surface area (Å²) in [5.41, 5.74) is -3.28. The molecule has 1 aliphatic rings. The van der Waals surface area contributed by atoms with Crippen molar-refractivity contribution in [3.8, 4) is 0 Å². The van der Waals surface area contributed by atoms with E-state index in [1.54, 1.807) is 27.7 Å². The van der Waals surface area contributed by atoms with E-state index >= 15 is 0 Å². The third kappa shape index (κ3) is 3.83. The number of nitrogens with one attached hydrogen (secondary N) is 1. The van der Waals surface area contributed by atoms with Gasteiger partial charge in [0.25, 0.3) is 5.91 Å². The summed E-state index contributed by atoms with van der Waals surface area (Å²) >= 11 is 0. The molecule has 0 saturated carbocycles. The molecule has 4 amide bonds. The van der Waals surface area contributed by atoms with Crippen molar-refractivity contribution >= 4 is 17.8 Å². The molecule has 2 rings (SSSR count). The fraction of sp³-hybridized carbons (Fsp3) is 0.526. The standard InChI is InChI=1S/C19H24F3N3O3/c1-11(2)25(12(3)4)15(26)10-24-16(27)18(5,23-17(24)28)13-8-6-7-9-14(13)19(20,21)22/h6-9,11-12H,10H2,1-5H3,(H,23,28). The molecule has 0 radical (unpaired) electrons. The molecule has 1 saturated heterocycles. The Bertz CT molecular complexity index is 784. The van der Waals surface area contributed by atoms with Crippen molar-refractivity contribution in [1.29, 1.82) is 0 Å². The number of alkyl halides is 3. The van der Waals surface area contributed by atoms with Crippen molar-refractivity contribution < 1.29 is 27.6 Å². The van der Waals surface area contributed by atoms with Crippen LogP contribution in [-0.2, 0) is 21.3 Å². The molecule has 1 fully saturated rings. The minimum Gasteiger partial charge on any atom is -0.336 e. The zero-order chi connectivity index (χ0) is 21.4. The Balaban J connectivity index is 2.37. The number of hydrogen-bond acceptors (Lipinski definition) is 3. The van der Waals surface area contributed by atoms with Gasteiger partial charge in [-0.25, -0.2) is 4.79 Å². The number of imide groups is 1. The van der Waals surface area contributed by atoms with Crippen LogP contribution in [0.1, 0.15) is 45.7 Å². The van der Waals surface area contributed by atoms with Crippen LogP contribution in [0.4, 0.5) is 18.0 Å². The van der Waals surface area contributed by atoms with Crippen molar-refractivity contribution in [1.82, 2.24) is 15.1 Å². The maximum atomic E-state index is 13.4. The van der Waals surface area contributed by atoms with Crippen LogP contribution in [0.2, 0.25) is 0 Å². The van der Waals surface area contributed by atoms with Crippen molar-refractivity contribution in [2.24, 2.45) is 0 Å². The Morgan fingerprint density at radius 3 is 2.18 bits per heavy atom. The van der Waals surface area contributed by atoms with E-state index in [0.717, 1.165) is 12.1 Å². The van der Waals surface area contributed by atoms with Gasteiger partial charge in [-0.15, -0.1) is 0 Å². The molecule has 9 heteroatoms. The predicted octanol–water partition coefficient (Wildman–Crippen LogP) is 3.12. The van der Waals surface area contributed by atoms with Gasteiger partial charge >= 0.3 is 12.2 Å². The second kappa shape index (κ2) is 7.44. The largest absolute Gasteiger partial charge is 0.416 e. The fourth-order valence-electron chi connectivity index (χ4n) is 3.58. The first-order valence-corrected chi connectivity index (χ1v) is 8.92. The summed E-state index contributed by atoms with van der Waals surface area (Å²) in [7, 11) is 0. The molecule has 1 unspecified atom stereocenters. The zero-order valence-electron chi connectivity index (χ0n) is 16.4. The normalized spacial score (nSPS) is 20.1. The number of amides is 4. The molecular weight excluding hydrogens is 375 g/mol. The molecule has 1 aliphatic heterocycles. The van der Waals surface area contributed by atoms with Gasteiger partial charge in [-0.2, -0.15) is 13.2 Å². The maximum Gasteiger partial charge on any atom is 0.416 e. The summed E-state index contributed by atoms with van der Waals surface area (Å²) in [6, 6.07) is 3.36. The van der Waals surface area contributed by atoms with Crippen LogP contribution in [0.15, 0.2) is 24.3 Å². The third-order valence-electron chi connectivity index (χ3n) is 4.74. The monoisotopic (exact) mass is 399 g/mol. The molecule has 1 aromatic rings. The Labute approximate surface area is 161 Å². The number of carbonyl (C=O) groups is 3. The van der Waals surface area contributed by atoms with E-state index in [4.69, 9.17) is 0 Å². The van der Waals surface area contributed by atoms with E-state index < -0.39 is 41.7 Å². The smallest absolute Gasteiger partial charge is 0.336 e. The Kier molecular flexibility index (Phi) is 5.77. The van der Waals surface area contributed by atoms with E-state index in [9.17, 15) is 27.6 Å². The minimum atomic E-state index is -4.69. The van der Waals surface area contributed by atoms with E-state index in [0.29, 0.717) is 4.90 Å². The first kappa shape index (κ1) is 21.7. The fourth-order valence-corrected chi connectivity index (χ4v) is 3.58. The summed E-state index contributed by atoms with van der Waals surface area (Å²) in [4.78, 5) is 40.1. The second-order valence-electron chi connectivity index (χ2n) is 7.48. The average Bonchev–Trinajstić information content (AvgIpc) is 2.77. The van der Waals surface area contributed by atoms with Crippen LogP contribution in [0.25, 0.3) is 0 Å². The minimum absolute atomic E-state index is 0.161. The van der Waals surface area contributed by atoms with Crippen molar-refractivity contribution in [2.45, 2.75) is 58.4 Å². The number of hydrogen-bond donors (Lipinski definition) is 1. The summed E-state index contributed by atoms with van der Waals surface area (Å²) in [5, 5.41) is 2.33. The zero-order valence-corrected chi connectivity index (χ0v) is 16.4. The molecule has 1 heterocycles. The molecule has 0 aliphatic carbocycles. The number of carbonyl (C=O) groups excluding carboxylic acids is 3. The number of benzene rings is 1. The molecule has 6 nitrogen and oxygen atoms in total. The highest BCUT2D eigenvalue weighted by atomic mass is 19.4. The van der Waals surface area contributed by atoms with Crippen LogP contribution in [0, 0.1) is 0 Å². The van der Waals surface area contributed by atoms with Crippen LogP contribution >= 0.6 is 0 Å². The van der Waals surface area contributed by atoms with Gasteiger partial charge in [0.1, 0.15) is 12.1 Å². The summed E-state index contributed by atoms with van der Waals surface area (Å²) in [5.74, 6) is -1.35. The quantitative estimate of drug-likeness (QED) is 0.774. The SMILES string of the molecule is CC(C)N(C(=O)CN1C(=O)NC(C)(c2ccccc2C(F)(F)F)C1=O)C(C)C. The topological polar surface area (TPSA) is 69.7 Å². The molecule has 1 aromatic carbocycles. The van der Waals surface area contributed by atoms with Gasteiger partial charge in [-0.3, -0.25) is 14.5 Å². The van der Waals surface area contributed by atoms with E-state index in [1.807, 2.05) is 0 Å². The second-order valence-corrected chi connectivity index (χ2v) is 7.48. The number of halogens is 3. The molecular formula is C19H24F3N3O3. The van der Waals surface area contributed by atoms with Gasteiger partial charge < -0.3 is 10.2 Å². The average molecular weight is 399 g/mol. The number of urea groups is 1. The van der Waals surface area contributed by atoms with Gasteiger partial charge in [0.15, 0.2) is 0 Å². The highest BCUT2D eigenvalue weighted by Gasteiger charge is 2.52. The van der Waals surface area contributed by atoms with Gasteiger partial charge in [-0.05, 0) is 46.2 Å². The lowest BCUT2D eigenvalue weighted by molar-refractivity contribution is -0.143. The maximum absolute atomic E-state index is 13.4. The number of nitrogens with zero attached hydrogens (tertiary/aromatic N) is 2. The first-order chi connectivity index (χ1) is 12.8. The lowest BCUT2D eigenvalue weighted by Gasteiger charge is -2.32. The van der Waals surface area contributed by atoms with Crippen molar-refractivity contribution in [3.05, 3.63) is 35.4 Å². The number of rotatable bonds is 5. The molecule has 1 N–H and O–H groups in total. The molecule has 28 heavy (non-hydrogen) atoms. The van der Waals surface area contributed by atoms with Crippen LogP contribution in [-0.4, -0.2) is 46.3 Å². The molecule has 154 valence electrons. The van der Waals surface area contributed by atoms with Crippen LogP contribution in [0.5, 0.6) is 0 Å². The lowest BCUT2D eigenvalue weighted by atomic mass is 9.87.